The molecule has 0 saturated heterocycles. The van der Waals surface area contributed by atoms with E-state index in [0.717, 1.165) is 17.1 Å². The number of nitrogens with one attached hydrogen (secondary N) is 2. The number of ether oxygens (including phenoxy) is 2. The number of hydrogen-bond donors (Lipinski definition) is 2. The van der Waals surface area contributed by atoms with E-state index in [2.05, 4.69) is 10.6 Å². The molecule has 0 bridgehead atoms. The smallest absolute Gasteiger partial charge is 0.221 e. The molecule has 0 fully saturated rings. The molecule has 0 aromatic heterocycles. The van der Waals surface area contributed by atoms with Gasteiger partial charge in [0.15, 0.2) is 0 Å². The quantitative estimate of drug-likeness (QED) is 0.785. The lowest BCUT2D eigenvalue weighted by atomic mass is 10.1. The highest BCUT2D eigenvalue weighted by molar-refractivity contribution is 5.76. The zero-order valence-electron chi connectivity index (χ0n) is 11.9. The average molecular weight is 266 g/mol. The Morgan fingerprint density at radius 2 is 2.05 bits per heavy atom. The molecule has 1 unspecified atom stereocenters. The highest BCUT2D eigenvalue weighted by Gasteiger charge is 2.14. The molecule has 19 heavy (non-hydrogen) atoms. The maximum atomic E-state index is 11.7. The summed E-state index contributed by atoms with van der Waals surface area (Å²) in [6.07, 6.45) is 0.452. The van der Waals surface area contributed by atoms with Gasteiger partial charge in [-0.3, -0.25) is 4.79 Å². The van der Waals surface area contributed by atoms with Crippen LogP contribution in [0.1, 0.15) is 24.9 Å². The predicted octanol–water partition coefficient (Wildman–Crippen LogP) is 1.49. The lowest BCUT2D eigenvalue weighted by Crippen LogP contribution is -2.29. The minimum absolute atomic E-state index is 0.00622. The van der Waals surface area contributed by atoms with Gasteiger partial charge in [0.2, 0.25) is 5.91 Å². The van der Waals surface area contributed by atoms with Gasteiger partial charge >= 0.3 is 0 Å². The topological polar surface area (TPSA) is 59.6 Å². The molecule has 1 rings (SSSR count). The summed E-state index contributed by atoms with van der Waals surface area (Å²) >= 11 is 0. The van der Waals surface area contributed by atoms with Gasteiger partial charge in [0.1, 0.15) is 11.5 Å². The first-order valence-corrected chi connectivity index (χ1v) is 6.28. The van der Waals surface area contributed by atoms with Gasteiger partial charge in [-0.15, -0.1) is 0 Å². The molecule has 1 aromatic rings. The Morgan fingerprint density at radius 3 is 2.63 bits per heavy atom. The van der Waals surface area contributed by atoms with Gasteiger partial charge in [-0.05, 0) is 32.2 Å². The standard InChI is InChI=1S/C14H22N2O3/c1-10(16-14(17)7-8-15-2)12-9-11(18-3)5-6-13(12)19-4/h5-6,9-10,15H,7-8H2,1-4H3,(H,16,17). The normalized spacial score (nSPS) is 11.8. The second-order valence-corrected chi connectivity index (χ2v) is 4.25. The molecule has 0 aliphatic carbocycles. The van der Waals surface area contributed by atoms with E-state index in [1.54, 1.807) is 14.2 Å². The van der Waals surface area contributed by atoms with Crippen molar-refractivity contribution in [3.05, 3.63) is 23.8 Å². The largest absolute Gasteiger partial charge is 0.497 e. The highest BCUT2D eigenvalue weighted by Crippen LogP contribution is 2.29. The summed E-state index contributed by atoms with van der Waals surface area (Å²) in [5.41, 5.74) is 0.902. The van der Waals surface area contributed by atoms with Crippen LogP contribution in [0.3, 0.4) is 0 Å². The Bertz CT molecular complexity index is 421. The van der Waals surface area contributed by atoms with E-state index in [-0.39, 0.29) is 11.9 Å². The molecule has 106 valence electrons. The van der Waals surface area contributed by atoms with Crippen LogP contribution >= 0.6 is 0 Å². The maximum Gasteiger partial charge on any atom is 0.221 e. The first-order valence-electron chi connectivity index (χ1n) is 6.28. The summed E-state index contributed by atoms with van der Waals surface area (Å²) in [5.74, 6) is 1.49. The van der Waals surface area contributed by atoms with E-state index in [1.165, 1.54) is 0 Å². The number of carbonyl (C=O) groups excluding carboxylic acids is 1. The van der Waals surface area contributed by atoms with Gasteiger partial charge in [0.05, 0.1) is 20.3 Å². The van der Waals surface area contributed by atoms with Crippen LogP contribution in [0.4, 0.5) is 0 Å². The SMILES string of the molecule is CNCCC(=O)NC(C)c1cc(OC)ccc1OC. The van der Waals surface area contributed by atoms with Crippen LogP contribution in [0.2, 0.25) is 0 Å². The second-order valence-electron chi connectivity index (χ2n) is 4.25. The molecule has 0 spiro atoms. The molecule has 0 saturated carbocycles. The van der Waals surface area contributed by atoms with Crippen molar-refractivity contribution < 1.29 is 14.3 Å². The van der Waals surface area contributed by atoms with Crippen LogP contribution in [0.5, 0.6) is 11.5 Å². The van der Waals surface area contributed by atoms with Crippen molar-refractivity contribution in [1.82, 2.24) is 10.6 Å². The molecule has 0 radical (unpaired) electrons. The van der Waals surface area contributed by atoms with Crippen molar-refractivity contribution in [2.75, 3.05) is 27.8 Å². The molecule has 5 heteroatoms. The van der Waals surface area contributed by atoms with Crippen molar-refractivity contribution in [2.45, 2.75) is 19.4 Å². The Kier molecular flexibility index (Phi) is 6.15. The minimum atomic E-state index is -0.130. The second kappa shape index (κ2) is 7.63. The average Bonchev–Trinajstić information content (AvgIpc) is 2.44. The molecule has 0 aliphatic rings. The van der Waals surface area contributed by atoms with E-state index in [4.69, 9.17) is 9.47 Å². The van der Waals surface area contributed by atoms with E-state index in [0.29, 0.717) is 13.0 Å². The van der Waals surface area contributed by atoms with E-state index < -0.39 is 0 Å². The summed E-state index contributed by atoms with van der Waals surface area (Å²) in [5, 5.41) is 5.89. The van der Waals surface area contributed by atoms with Gasteiger partial charge in [0.25, 0.3) is 0 Å². The van der Waals surface area contributed by atoms with Crippen LogP contribution in [0.25, 0.3) is 0 Å². The first kappa shape index (κ1) is 15.3. The van der Waals surface area contributed by atoms with Crippen molar-refractivity contribution in [3.63, 3.8) is 0 Å². The Morgan fingerprint density at radius 1 is 1.32 bits per heavy atom. The molecule has 2 N–H and O–H groups in total. The maximum absolute atomic E-state index is 11.7. The summed E-state index contributed by atoms with van der Waals surface area (Å²) in [6, 6.07) is 5.42. The number of rotatable bonds is 7. The van der Waals surface area contributed by atoms with Crippen LogP contribution in [-0.2, 0) is 4.79 Å². The molecule has 5 nitrogen and oxygen atoms in total. The number of methoxy groups -OCH3 is 2. The molecule has 0 aliphatic heterocycles. The lowest BCUT2D eigenvalue weighted by Gasteiger charge is -2.18. The first-order chi connectivity index (χ1) is 9.12. The highest BCUT2D eigenvalue weighted by atomic mass is 16.5. The van der Waals surface area contributed by atoms with Crippen LogP contribution in [0, 0.1) is 0 Å². The van der Waals surface area contributed by atoms with Gasteiger partial charge in [-0.1, -0.05) is 0 Å². The summed E-state index contributed by atoms with van der Waals surface area (Å²) < 4.78 is 10.5. The monoisotopic (exact) mass is 266 g/mol. The number of hydrogen-bond acceptors (Lipinski definition) is 4. The molecule has 1 atom stereocenters. The molecular weight excluding hydrogens is 244 g/mol. The fraction of sp³-hybridized carbons (Fsp3) is 0.500. The van der Waals surface area contributed by atoms with Crippen molar-refractivity contribution in [1.29, 1.82) is 0 Å². The number of benzene rings is 1. The zero-order valence-corrected chi connectivity index (χ0v) is 11.9. The van der Waals surface area contributed by atoms with Gasteiger partial charge in [-0.2, -0.15) is 0 Å². The van der Waals surface area contributed by atoms with E-state index >= 15 is 0 Å². The van der Waals surface area contributed by atoms with E-state index in [1.807, 2.05) is 32.2 Å². The summed E-state index contributed by atoms with van der Waals surface area (Å²) in [6.45, 7) is 2.59. The van der Waals surface area contributed by atoms with Crippen molar-refractivity contribution in [2.24, 2.45) is 0 Å². The number of amides is 1. The molecule has 1 aromatic carbocycles. The number of carbonyl (C=O) groups is 1. The third kappa shape index (κ3) is 4.44. The third-order valence-electron chi connectivity index (χ3n) is 2.88. The Balaban J connectivity index is 2.79. The van der Waals surface area contributed by atoms with E-state index in [9.17, 15) is 4.79 Å². The van der Waals surface area contributed by atoms with Crippen molar-refractivity contribution in [3.8, 4) is 11.5 Å². The predicted molar refractivity (Wildman–Crippen MR) is 74.6 cm³/mol. The Hall–Kier alpha value is -1.75. The molecule has 0 heterocycles. The van der Waals surface area contributed by atoms with Gasteiger partial charge in [-0.25, -0.2) is 0 Å². The third-order valence-corrected chi connectivity index (χ3v) is 2.88. The van der Waals surface area contributed by atoms with Crippen LogP contribution in [-0.4, -0.2) is 33.7 Å². The lowest BCUT2D eigenvalue weighted by molar-refractivity contribution is -0.121. The van der Waals surface area contributed by atoms with Gasteiger partial charge < -0.3 is 20.1 Å². The zero-order chi connectivity index (χ0) is 14.3. The van der Waals surface area contributed by atoms with Crippen LogP contribution < -0.4 is 20.1 Å². The molecule has 1 amide bonds. The van der Waals surface area contributed by atoms with Crippen LogP contribution in [0.15, 0.2) is 18.2 Å². The van der Waals surface area contributed by atoms with Crippen molar-refractivity contribution >= 4 is 5.91 Å². The minimum Gasteiger partial charge on any atom is -0.497 e. The fourth-order valence-electron chi connectivity index (χ4n) is 1.81. The summed E-state index contributed by atoms with van der Waals surface area (Å²) in [4.78, 5) is 11.7. The molecular formula is C14H22N2O3. The van der Waals surface area contributed by atoms with Gasteiger partial charge in [0, 0.05) is 18.5 Å². The summed E-state index contributed by atoms with van der Waals surface area (Å²) in [7, 11) is 5.05. The Labute approximate surface area is 114 Å². The fourth-order valence-corrected chi connectivity index (χ4v) is 1.81.